The Bertz CT molecular complexity index is 1800. The third-order valence-corrected chi connectivity index (χ3v) is 7.44. The van der Waals surface area contributed by atoms with E-state index in [1.54, 1.807) is 80.6 Å². The number of carbonyl (C=O) groups is 2. The molecule has 0 saturated carbocycles. The van der Waals surface area contributed by atoms with E-state index < -0.39 is 18.0 Å². The van der Waals surface area contributed by atoms with Gasteiger partial charge in [0.05, 0.1) is 41.1 Å². The molecule has 0 N–H and O–H groups in total. The van der Waals surface area contributed by atoms with Gasteiger partial charge in [-0.25, -0.2) is 14.6 Å². The number of carbonyl (C=O) groups excluding carboxylic acids is 2. The zero-order valence-electron chi connectivity index (χ0n) is 21.3. The van der Waals surface area contributed by atoms with Gasteiger partial charge in [0, 0.05) is 16.7 Å². The van der Waals surface area contributed by atoms with E-state index in [1.807, 2.05) is 0 Å². The van der Waals surface area contributed by atoms with Gasteiger partial charge in [-0.15, -0.1) is 0 Å². The molecule has 2 aromatic carbocycles. The topological polar surface area (TPSA) is 100 Å². The number of nitrogens with zero attached hydrogens (tertiary/aromatic N) is 2. The number of halogens is 1. The highest BCUT2D eigenvalue weighted by Gasteiger charge is 2.33. The Morgan fingerprint density at radius 3 is 2.56 bits per heavy atom. The molecule has 198 valence electrons. The van der Waals surface area contributed by atoms with Crippen LogP contribution in [0.15, 0.2) is 86.1 Å². The second kappa shape index (κ2) is 10.9. The van der Waals surface area contributed by atoms with Crippen molar-refractivity contribution in [1.29, 1.82) is 0 Å². The number of hydrogen-bond donors (Lipinski definition) is 0. The number of fused-ring (bicyclic) bond motifs is 1. The van der Waals surface area contributed by atoms with Crippen LogP contribution in [-0.4, -0.2) is 30.2 Å². The lowest BCUT2D eigenvalue weighted by Crippen LogP contribution is -2.39. The molecule has 2 aromatic heterocycles. The number of esters is 2. The van der Waals surface area contributed by atoms with E-state index in [4.69, 9.17) is 25.5 Å². The van der Waals surface area contributed by atoms with Crippen LogP contribution < -0.4 is 14.9 Å². The van der Waals surface area contributed by atoms with Crippen LogP contribution in [0.4, 0.5) is 0 Å². The lowest BCUT2D eigenvalue weighted by Gasteiger charge is -2.24. The van der Waals surface area contributed by atoms with Crippen molar-refractivity contribution in [1.82, 2.24) is 4.57 Å². The normalized spacial score (nSPS) is 15.1. The minimum absolute atomic E-state index is 0.188. The predicted octanol–water partition coefficient (Wildman–Crippen LogP) is 4.50. The molecule has 0 aliphatic carbocycles. The minimum atomic E-state index is -0.737. The molecule has 39 heavy (non-hydrogen) atoms. The average Bonchev–Trinajstić information content (AvgIpc) is 3.52. The van der Waals surface area contributed by atoms with Crippen molar-refractivity contribution in [3.8, 4) is 11.3 Å². The summed E-state index contributed by atoms with van der Waals surface area (Å²) in [5.41, 5.74) is 2.07. The predicted molar refractivity (Wildman–Crippen MR) is 147 cm³/mol. The molecule has 1 aliphatic rings. The third-order valence-electron chi connectivity index (χ3n) is 6.20. The first kappa shape index (κ1) is 26.4. The van der Waals surface area contributed by atoms with Gasteiger partial charge in [0.2, 0.25) is 0 Å². The fourth-order valence-electron chi connectivity index (χ4n) is 4.44. The van der Waals surface area contributed by atoms with E-state index >= 15 is 0 Å². The maximum atomic E-state index is 13.7. The average molecular weight is 563 g/mol. The molecule has 0 amide bonds. The Hall–Kier alpha value is -4.21. The Labute approximate surface area is 232 Å². The summed E-state index contributed by atoms with van der Waals surface area (Å²) in [5, 5.41) is 0.534. The van der Waals surface area contributed by atoms with Crippen LogP contribution in [-0.2, 0) is 14.3 Å². The Morgan fingerprint density at radius 1 is 1.10 bits per heavy atom. The molecule has 5 rings (SSSR count). The number of hydrogen-bond acceptors (Lipinski definition) is 8. The number of benzene rings is 2. The first-order valence-electron chi connectivity index (χ1n) is 12.0. The van der Waals surface area contributed by atoms with E-state index in [1.165, 1.54) is 23.0 Å². The van der Waals surface area contributed by atoms with Gasteiger partial charge in [0.25, 0.3) is 5.56 Å². The minimum Gasteiger partial charge on any atom is -0.465 e. The molecule has 0 radical (unpaired) electrons. The van der Waals surface area contributed by atoms with E-state index in [-0.39, 0.29) is 17.7 Å². The van der Waals surface area contributed by atoms with Crippen LogP contribution in [0.3, 0.4) is 0 Å². The van der Waals surface area contributed by atoms with Gasteiger partial charge in [0.1, 0.15) is 11.5 Å². The molecule has 1 aliphatic heterocycles. The van der Waals surface area contributed by atoms with Crippen molar-refractivity contribution in [3.63, 3.8) is 0 Å². The molecule has 1 atom stereocenters. The lowest BCUT2D eigenvalue weighted by atomic mass is 9.96. The van der Waals surface area contributed by atoms with Crippen LogP contribution in [0.2, 0.25) is 5.02 Å². The largest absolute Gasteiger partial charge is 0.465 e. The van der Waals surface area contributed by atoms with E-state index in [0.29, 0.717) is 48.3 Å². The molecule has 0 unspecified atom stereocenters. The highest BCUT2D eigenvalue weighted by molar-refractivity contribution is 7.07. The Morgan fingerprint density at radius 2 is 1.85 bits per heavy atom. The number of furan rings is 1. The maximum absolute atomic E-state index is 13.7. The van der Waals surface area contributed by atoms with E-state index in [0.717, 1.165) is 0 Å². The van der Waals surface area contributed by atoms with Gasteiger partial charge in [-0.05, 0) is 49.7 Å². The summed E-state index contributed by atoms with van der Waals surface area (Å²) in [6.45, 7) is 3.64. The van der Waals surface area contributed by atoms with Crippen molar-refractivity contribution in [2.75, 3.05) is 13.7 Å². The first-order chi connectivity index (χ1) is 18.8. The summed E-state index contributed by atoms with van der Waals surface area (Å²) in [5.74, 6) is -0.145. The molecule has 3 heterocycles. The monoisotopic (exact) mass is 562 g/mol. The fraction of sp³-hybridized carbons (Fsp3) is 0.172. The van der Waals surface area contributed by atoms with Crippen molar-refractivity contribution in [3.05, 3.63) is 114 Å². The lowest BCUT2D eigenvalue weighted by molar-refractivity contribution is -0.139. The van der Waals surface area contributed by atoms with E-state index in [2.05, 4.69) is 4.99 Å². The van der Waals surface area contributed by atoms with Crippen LogP contribution in [0, 0.1) is 0 Å². The van der Waals surface area contributed by atoms with Gasteiger partial charge in [-0.2, -0.15) is 0 Å². The smallest absolute Gasteiger partial charge is 0.338 e. The SMILES string of the molecule is CCOC(=O)C1=C(C)N=c2s/c(=C\c3ccc(-c4ccccc4C(=O)OC)o3)c(=O)n2[C@@H]1c1ccc(Cl)cc1. The van der Waals surface area contributed by atoms with Crippen LogP contribution in [0.25, 0.3) is 17.4 Å². The second-order valence-corrected chi connectivity index (χ2v) is 10.0. The Kier molecular flexibility index (Phi) is 7.36. The summed E-state index contributed by atoms with van der Waals surface area (Å²) in [6.07, 6.45) is 1.62. The number of allylic oxidation sites excluding steroid dienone is 1. The summed E-state index contributed by atoms with van der Waals surface area (Å²) in [4.78, 5) is 43.9. The van der Waals surface area contributed by atoms with Gasteiger partial charge in [-0.1, -0.05) is 53.3 Å². The van der Waals surface area contributed by atoms with Gasteiger partial charge in [0.15, 0.2) is 4.80 Å². The molecule has 8 nitrogen and oxygen atoms in total. The van der Waals surface area contributed by atoms with Crippen molar-refractivity contribution in [2.24, 2.45) is 4.99 Å². The van der Waals surface area contributed by atoms with E-state index in [9.17, 15) is 14.4 Å². The molecule has 0 fully saturated rings. The first-order valence-corrected chi connectivity index (χ1v) is 13.2. The summed E-state index contributed by atoms with van der Waals surface area (Å²) >= 11 is 7.29. The molecular formula is C29H23ClN2O6S. The summed E-state index contributed by atoms with van der Waals surface area (Å²) < 4.78 is 18.1. The molecule has 0 bridgehead atoms. The number of ether oxygens (including phenoxy) is 2. The highest BCUT2D eigenvalue weighted by atomic mass is 35.5. The number of rotatable bonds is 6. The fourth-order valence-corrected chi connectivity index (χ4v) is 5.59. The molecule has 4 aromatic rings. The van der Waals surface area contributed by atoms with Crippen LogP contribution >= 0.6 is 22.9 Å². The zero-order valence-corrected chi connectivity index (χ0v) is 22.8. The molecule has 10 heteroatoms. The zero-order chi connectivity index (χ0) is 27.7. The van der Waals surface area contributed by atoms with Gasteiger partial charge >= 0.3 is 11.9 Å². The maximum Gasteiger partial charge on any atom is 0.338 e. The molecule has 0 spiro atoms. The van der Waals surface area contributed by atoms with Crippen molar-refractivity contribution >= 4 is 41.0 Å². The third kappa shape index (κ3) is 4.98. The number of methoxy groups -OCH3 is 1. The van der Waals surface area contributed by atoms with Gasteiger partial charge < -0.3 is 13.9 Å². The molecular weight excluding hydrogens is 540 g/mol. The highest BCUT2D eigenvalue weighted by Crippen LogP contribution is 2.31. The van der Waals surface area contributed by atoms with Crippen LogP contribution in [0.5, 0.6) is 0 Å². The van der Waals surface area contributed by atoms with Crippen molar-refractivity contribution < 1.29 is 23.5 Å². The number of aromatic nitrogens is 1. The van der Waals surface area contributed by atoms with Crippen molar-refractivity contribution in [2.45, 2.75) is 19.9 Å². The van der Waals surface area contributed by atoms with Gasteiger partial charge in [-0.3, -0.25) is 9.36 Å². The quantitative estimate of drug-likeness (QED) is 0.321. The van der Waals surface area contributed by atoms with Crippen LogP contribution in [0.1, 0.15) is 41.6 Å². The summed E-state index contributed by atoms with van der Waals surface area (Å²) in [7, 11) is 1.32. The number of thiazole rings is 1. The summed E-state index contributed by atoms with van der Waals surface area (Å²) in [6, 6.07) is 16.6. The Balaban J connectivity index is 1.62. The standard InChI is InChI=1S/C29H23ClN2O6S/c1-4-37-28(35)24-16(2)31-29-32(25(24)17-9-11-18(30)12-10-17)26(33)23(39-29)15-19-13-14-22(38-19)20-7-5-6-8-21(20)27(34)36-3/h5-15,25H,4H2,1-3H3/b23-15-/t25-/m1/s1. The second-order valence-electron chi connectivity index (χ2n) is 8.59. The molecule has 0 saturated heterocycles.